The van der Waals surface area contributed by atoms with Crippen LogP contribution in [0.1, 0.15) is 24.2 Å². The van der Waals surface area contributed by atoms with Crippen LogP contribution in [0.2, 0.25) is 10.0 Å². The third-order valence-electron chi connectivity index (χ3n) is 1.89. The van der Waals surface area contributed by atoms with Crippen molar-refractivity contribution in [1.82, 2.24) is 0 Å². The Morgan fingerprint density at radius 3 is 2.33 bits per heavy atom. The summed E-state index contributed by atoms with van der Waals surface area (Å²) in [4.78, 5) is 22.5. The largest absolute Gasteiger partial charge is 0.478 e. The molecule has 18 heavy (non-hydrogen) atoms. The van der Waals surface area contributed by atoms with Crippen molar-refractivity contribution >= 4 is 41.0 Å². The van der Waals surface area contributed by atoms with Gasteiger partial charge in [0.05, 0.1) is 21.8 Å². The second kappa shape index (κ2) is 5.93. The summed E-state index contributed by atoms with van der Waals surface area (Å²) in [7, 11) is 0. The van der Waals surface area contributed by atoms with Gasteiger partial charge in [0.2, 0.25) is 0 Å². The average Bonchev–Trinajstić information content (AvgIpc) is 2.21. The second-order valence-corrected chi connectivity index (χ2v) is 4.48. The summed E-state index contributed by atoms with van der Waals surface area (Å²) in [6, 6.07) is 2.73. The molecular formula is C11H11Cl2NO4. The fraction of sp³-hybridized carbons (Fsp3) is 0.273. The number of carboxylic acid groups (broad SMARTS) is 1. The van der Waals surface area contributed by atoms with Crippen molar-refractivity contribution in [3.8, 4) is 0 Å². The Kier molecular flexibility index (Phi) is 4.81. The molecule has 1 aromatic rings. The Balaban J connectivity index is 3.11. The molecule has 0 unspecified atom stereocenters. The van der Waals surface area contributed by atoms with E-state index in [-0.39, 0.29) is 27.4 Å². The number of halogens is 2. The quantitative estimate of drug-likeness (QED) is 0.891. The number of hydrogen-bond acceptors (Lipinski definition) is 3. The Bertz CT molecular complexity index is 488. The van der Waals surface area contributed by atoms with Gasteiger partial charge in [-0.15, -0.1) is 0 Å². The van der Waals surface area contributed by atoms with Crippen LogP contribution in [0, 0.1) is 0 Å². The lowest BCUT2D eigenvalue weighted by atomic mass is 10.2. The van der Waals surface area contributed by atoms with Crippen LogP contribution in [0.15, 0.2) is 12.1 Å². The zero-order valence-corrected chi connectivity index (χ0v) is 11.2. The molecule has 7 heteroatoms. The number of carbonyl (C=O) groups excluding carboxylic acids is 1. The molecule has 0 saturated heterocycles. The molecule has 5 nitrogen and oxygen atoms in total. The smallest absolute Gasteiger partial charge is 0.411 e. The van der Waals surface area contributed by atoms with Crippen LogP contribution in [0.25, 0.3) is 0 Å². The minimum absolute atomic E-state index is 0.0215. The third-order valence-corrected chi connectivity index (χ3v) is 2.52. The van der Waals surface area contributed by atoms with Gasteiger partial charge in [-0.2, -0.15) is 0 Å². The SMILES string of the molecule is CC(C)OC(=O)Nc1c(Cl)ccc(Cl)c1C(=O)O. The number of hydrogen-bond donors (Lipinski definition) is 2. The lowest BCUT2D eigenvalue weighted by Crippen LogP contribution is -2.20. The molecular weight excluding hydrogens is 281 g/mol. The summed E-state index contributed by atoms with van der Waals surface area (Å²) in [5.41, 5.74) is -0.354. The van der Waals surface area contributed by atoms with Gasteiger partial charge in [-0.3, -0.25) is 5.32 Å². The van der Waals surface area contributed by atoms with Crippen molar-refractivity contribution in [3.63, 3.8) is 0 Å². The van der Waals surface area contributed by atoms with E-state index in [0.717, 1.165) is 0 Å². The van der Waals surface area contributed by atoms with Gasteiger partial charge < -0.3 is 9.84 Å². The lowest BCUT2D eigenvalue weighted by Gasteiger charge is -2.13. The van der Waals surface area contributed by atoms with E-state index in [4.69, 9.17) is 33.0 Å². The van der Waals surface area contributed by atoms with E-state index < -0.39 is 12.1 Å². The topological polar surface area (TPSA) is 75.6 Å². The average molecular weight is 292 g/mol. The van der Waals surface area contributed by atoms with Gasteiger partial charge in [-0.05, 0) is 26.0 Å². The minimum Gasteiger partial charge on any atom is -0.478 e. The summed E-state index contributed by atoms with van der Waals surface area (Å²) in [5.74, 6) is -1.29. The molecule has 0 spiro atoms. The number of amides is 1. The summed E-state index contributed by atoms with van der Waals surface area (Å²) < 4.78 is 4.84. The first-order valence-electron chi connectivity index (χ1n) is 5.02. The fourth-order valence-electron chi connectivity index (χ4n) is 1.23. The van der Waals surface area contributed by atoms with Crippen molar-refractivity contribution in [2.24, 2.45) is 0 Å². The third kappa shape index (κ3) is 3.51. The van der Waals surface area contributed by atoms with Crippen LogP contribution in [0.3, 0.4) is 0 Å². The van der Waals surface area contributed by atoms with Crippen molar-refractivity contribution < 1.29 is 19.4 Å². The fourth-order valence-corrected chi connectivity index (χ4v) is 1.67. The normalized spacial score (nSPS) is 10.3. The Morgan fingerprint density at radius 1 is 1.28 bits per heavy atom. The predicted octanol–water partition coefficient (Wildman–Crippen LogP) is 3.65. The maximum absolute atomic E-state index is 11.4. The molecule has 0 fully saturated rings. The highest BCUT2D eigenvalue weighted by Crippen LogP contribution is 2.32. The first-order chi connectivity index (χ1) is 8.32. The van der Waals surface area contributed by atoms with Gasteiger partial charge in [0, 0.05) is 0 Å². The molecule has 1 amide bonds. The van der Waals surface area contributed by atoms with E-state index in [0.29, 0.717) is 0 Å². The van der Waals surface area contributed by atoms with Gasteiger partial charge >= 0.3 is 12.1 Å². The van der Waals surface area contributed by atoms with Crippen LogP contribution < -0.4 is 5.32 Å². The van der Waals surface area contributed by atoms with Gasteiger partial charge in [0.1, 0.15) is 5.56 Å². The number of anilines is 1. The highest BCUT2D eigenvalue weighted by Gasteiger charge is 2.20. The lowest BCUT2D eigenvalue weighted by molar-refractivity contribution is 0.0698. The number of carbonyl (C=O) groups is 2. The van der Waals surface area contributed by atoms with Crippen LogP contribution in [0.4, 0.5) is 10.5 Å². The molecule has 0 bridgehead atoms. The predicted molar refractivity (Wildman–Crippen MR) is 68.7 cm³/mol. The molecule has 0 aromatic heterocycles. The van der Waals surface area contributed by atoms with E-state index in [2.05, 4.69) is 5.32 Å². The zero-order valence-electron chi connectivity index (χ0n) is 9.66. The van der Waals surface area contributed by atoms with Crippen LogP contribution in [-0.4, -0.2) is 23.3 Å². The summed E-state index contributed by atoms with van der Waals surface area (Å²) in [5, 5.41) is 11.4. The van der Waals surface area contributed by atoms with Crippen LogP contribution >= 0.6 is 23.2 Å². The van der Waals surface area contributed by atoms with E-state index in [9.17, 15) is 9.59 Å². The number of benzene rings is 1. The summed E-state index contributed by atoms with van der Waals surface area (Å²) in [6.45, 7) is 3.33. The van der Waals surface area contributed by atoms with E-state index in [1.54, 1.807) is 13.8 Å². The van der Waals surface area contributed by atoms with Crippen molar-refractivity contribution in [2.45, 2.75) is 20.0 Å². The minimum atomic E-state index is -1.29. The number of nitrogens with one attached hydrogen (secondary N) is 1. The molecule has 0 aliphatic rings. The molecule has 0 saturated carbocycles. The molecule has 98 valence electrons. The highest BCUT2D eigenvalue weighted by molar-refractivity contribution is 6.38. The monoisotopic (exact) mass is 291 g/mol. The highest BCUT2D eigenvalue weighted by atomic mass is 35.5. The van der Waals surface area contributed by atoms with E-state index >= 15 is 0 Å². The molecule has 0 atom stereocenters. The maximum atomic E-state index is 11.4. The first-order valence-corrected chi connectivity index (χ1v) is 5.77. The number of ether oxygens (including phenoxy) is 1. The van der Waals surface area contributed by atoms with Gasteiger partial charge in [0.15, 0.2) is 0 Å². The van der Waals surface area contributed by atoms with Crippen molar-refractivity contribution in [3.05, 3.63) is 27.7 Å². The second-order valence-electron chi connectivity index (χ2n) is 3.66. The van der Waals surface area contributed by atoms with Crippen molar-refractivity contribution in [2.75, 3.05) is 5.32 Å². The molecule has 0 aliphatic carbocycles. The van der Waals surface area contributed by atoms with Crippen LogP contribution in [-0.2, 0) is 4.74 Å². The Labute approximate surface area is 114 Å². The van der Waals surface area contributed by atoms with Crippen LogP contribution in [0.5, 0.6) is 0 Å². The maximum Gasteiger partial charge on any atom is 0.411 e. The molecule has 0 aliphatic heterocycles. The van der Waals surface area contributed by atoms with Gasteiger partial charge in [0.25, 0.3) is 0 Å². The van der Waals surface area contributed by atoms with E-state index in [1.165, 1.54) is 12.1 Å². The Morgan fingerprint density at radius 2 is 1.83 bits per heavy atom. The summed E-state index contributed by atoms with van der Waals surface area (Å²) in [6.07, 6.45) is -1.13. The standard InChI is InChI=1S/C11H11Cl2NO4/c1-5(2)18-11(17)14-9-7(13)4-3-6(12)8(9)10(15)16/h3-5H,1-2H3,(H,14,17)(H,15,16). The number of rotatable bonds is 3. The zero-order chi connectivity index (χ0) is 13.9. The molecule has 0 heterocycles. The first kappa shape index (κ1) is 14.6. The molecule has 1 rings (SSSR count). The molecule has 2 N–H and O–H groups in total. The van der Waals surface area contributed by atoms with E-state index in [1.807, 2.05) is 0 Å². The van der Waals surface area contributed by atoms with Gasteiger partial charge in [-0.1, -0.05) is 23.2 Å². The van der Waals surface area contributed by atoms with Gasteiger partial charge in [-0.25, -0.2) is 9.59 Å². The van der Waals surface area contributed by atoms with Crippen molar-refractivity contribution in [1.29, 1.82) is 0 Å². The number of aromatic carboxylic acids is 1. The molecule has 1 aromatic carbocycles. The Hall–Kier alpha value is -1.46. The summed E-state index contributed by atoms with van der Waals surface area (Å²) >= 11 is 11.6. The number of carboxylic acids is 1. The molecule has 0 radical (unpaired) electrons.